The average molecular weight is 352 g/mol. The molecule has 3 heterocycles. The summed E-state index contributed by atoms with van der Waals surface area (Å²) in [4.78, 5) is 14.7. The van der Waals surface area contributed by atoms with Crippen LogP contribution in [0.15, 0.2) is 15.6 Å². The summed E-state index contributed by atoms with van der Waals surface area (Å²) in [6.45, 7) is 4.52. The van der Waals surface area contributed by atoms with E-state index in [1.165, 1.54) is 6.20 Å². The molecule has 2 aromatic heterocycles. The van der Waals surface area contributed by atoms with Gasteiger partial charge in [-0.2, -0.15) is 5.10 Å². The number of piperidine rings is 1. The third-order valence-corrected chi connectivity index (χ3v) is 5.52. The minimum Gasteiger partial charge on any atom is -0.361 e. The lowest BCUT2D eigenvalue weighted by Gasteiger charge is -2.32. The van der Waals surface area contributed by atoms with E-state index in [-0.39, 0.29) is 16.7 Å². The highest BCUT2D eigenvalue weighted by Gasteiger charge is 2.32. The molecule has 0 aliphatic carbocycles. The molecule has 24 heavy (non-hydrogen) atoms. The monoisotopic (exact) mass is 352 g/mol. The van der Waals surface area contributed by atoms with Crippen LogP contribution < -0.4 is 0 Å². The van der Waals surface area contributed by atoms with Crippen LogP contribution in [0.4, 0.5) is 0 Å². The van der Waals surface area contributed by atoms with Crippen molar-refractivity contribution in [3.8, 4) is 0 Å². The van der Waals surface area contributed by atoms with Gasteiger partial charge in [0.05, 0.1) is 17.6 Å². The lowest BCUT2D eigenvalue weighted by Crippen LogP contribution is -2.39. The summed E-state index contributed by atoms with van der Waals surface area (Å²) < 4.78 is 28.9. The van der Waals surface area contributed by atoms with Gasteiger partial charge in [0.1, 0.15) is 16.2 Å². The smallest absolute Gasteiger partial charge is 0.259 e. The van der Waals surface area contributed by atoms with Crippen molar-refractivity contribution < 1.29 is 17.7 Å². The van der Waals surface area contributed by atoms with E-state index in [4.69, 9.17) is 4.52 Å². The number of rotatable bonds is 3. The first-order valence-electron chi connectivity index (χ1n) is 7.74. The molecule has 0 bridgehead atoms. The van der Waals surface area contributed by atoms with Crippen molar-refractivity contribution in [3.63, 3.8) is 0 Å². The number of amides is 1. The number of hydrogen-bond acceptors (Lipinski definition) is 6. The number of carbonyl (C=O) groups excluding carboxylic acids is 1. The fraction of sp³-hybridized carbons (Fsp3) is 0.533. The number of hydrogen-bond donors (Lipinski definition) is 1. The normalized spacial score (nSPS) is 18.8. The van der Waals surface area contributed by atoms with Crippen molar-refractivity contribution in [1.82, 2.24) is 20.3 Å². The Labute approximate surface area is 140 Å². The first-order chi connectivity index (χ1) is 11.3. The minimum atomic E-state index is -3.36. The largest absolute Gasteiger partial charge is 0.361 e. The van der Waals surface area contributed by atoms with Crippen LogP contribution in [-0.4, -0.2) is 53.9 Å². The van der Waals surface area contributed by atoms with E-state index in [0.29, 0.717) is 35.8 Å². The van der Waals surface area contributed by atoms with Crippen LogP contribution in [0.5, 0.6) is 0 Å². The van der Waals surface area contributed by atoms with Crippen molar-refractivity contribution in [2.75, 3.05) is 19.3 Å². The number of H-pyrrole nitrogens is 1. The zero-order valence-electron chi connectivity index (χ0n) is 13.9. The van der Waals surface area contributed by atoms with E-state index < -0.39 is 9.84 Å². The van der Waals surface area contributed by atoms with Crippen LogP contribution in [0.1, 0.15) is 46.3 Å². The lowest BCUT2D eigenvalue weighted by molar-refractivity contribution is 0.0702. The molecule has 1 aliphatic rings. The fourth-order valence-corrected chi connectivity index (χ4v) is 4.07. The van der Waals surface area contributed by atoms with Gasteiger partial charge in [-0.1, -0.05) is 5.16 Å². The molecule has 0 unspecified atom stereocenters. The number of sulfone groups is 1. The van der Waals surface area contributed by atoms with E-state index in [9.17, 15) is 13.2 Å². The molecule has 9 heteroatoms. The minimum absolute atomic E-state index is 0.0876. The SMILES string of the molecule is Cc1noc(C)c1C(=O)N1CCC[C@H](c2[nH]ncc2S(C)(=O)=O)C1. The molecule has 8 nitrogen and oxygen atoms in total. The second-order valence-electron chi connectivity index (χ2n) is 6.21. The van der Waals surface area contributed by atoms with Crippen LogP contribution in [0, 0.1) is 13.8 Å². The highest BCUT2D eigenvalue weighted by Crippen LogP contribution is 2.31. The number of carbonyl (C=O) groups is 1. The predicted molar refractivity (Wildman–Crippen MR) is 85.6 cm³/mol. The molecule has 130 valence electrons. The molecule has 3 rings (SSSR count). The second-order valence-corrected chi connectivity index (χ2v) is 8.19. The summed E-state index contributed by atoms with van der Waals surface area (Å²) in [5.41, 5.74) is 1.63. The number of aromatic amines is 1. The maximum Gasteiger partial charge on any atom is 0.259 e. The fourth-order valence-electron chi connectivity index (χ4n) is 3.22. The Bertz CT molecular complexity index is 848. The van der Waals surface area contributed by atoms with E-state index in [1.54, 1.807) is 18.7 Å². The molecule has 1 saturated heterocycles. The van der Waals surface area contributed by atoms with Gasteiger partial charge in [-0.3, -0.25) is 9.89 Å². The average Bonchev–Trinajstić information content (AvgIpc) is 3.14. The molecule has 1 atom stereocenters. The summed E-state index contributed by atoms with van der Waals surface area (Å²) in [5.74, 6) is 0.282. The van der Waals surface area contributed by atoms with Gasteiger partial charge in [-0.25, -0.2) is 8.42 Å². The van der Waals surface area contributed by atoms with Crippen LogP contribution in [0.2, 0.25) is 0 Å². The Kier molecular flexibility index (Phi) is 4.20. The van der Waals surface area contributed by atoms with Gasteiger partial charge in [-0.05, 0) is 26.7 Å². The third kappa shape index (κ3) is 2.95. The second kappa shape index (κ2) is 6.04. The van der Waals surface area contributed by atoms with Crippen LogP contribution in [0.25, 0.3) is 0 Å². The molecule has 0 radical (unpaired) electrons. The standard InChI is InChI=1S/C15H20N4O4S/c1-9-13(10(2)23-18-9)15(20)19-6-4-5-11(8-19)14-12(7-16-17-14)24(3,21)22/h7,11H,4-6,8H2,1-3H3,(H,16,17)/t11-/m0/s1. The maximum absolute atomic E-state index is 12.8. The third-order valence-electron chi connectivity index (χ3n) is 4.40. The zero-order chi connectivity index (χ0) is 17.5. The molecule has 1 N–H and O–H groups in total. The van der Waals surface area contributed by atoms with Gasteiger partial charge >= 0.3 is 0 Å². The first-order valence-corrected chi connectivity index (χ1v) is 9.63. The van der Waals surface area contributed by atoms with E-state index in [1.807, 2.05) is 0 Å². The molecule has 1 aliphatic heterocycles. The number of nitrogens with one attached hydrogen (secondary N) is 1. The van der Waals surface area contributed by atoms with Crippen molar-refractivity contribution in [1.29, 1.82) is 0 Å². The molecule has 1 fully saturated rings. The Morgan fingerprint density at radius 3 is 2.79 bits per heavy atom. The van der Waals surface area contributed by atoms with Gasteiger partial charge in [0.2, 0.25) is 0 Å². The summed E-state index contributed by atoms with van der Waals surface area (Å²) in [6.07, 6.45) is 4.09. The van der Waals surface area contributed by atoms with Gasteiger partial charge < -0.3 is 9.42 Å². The molecular weight excluding hydrogens is 332 g/mol. The van der Waals surface area contributed by atoms with Gasteiger partial charge in [-0.15, -0.1) is 0 Å². The Morgan fingerprint density at radius 1 is 1.42 bits per heavy atom. The number of aryl methyl sites for hydroxylation is 2. The zero-order valence-corrected chi connectivity index (χ0v) is 14.7. The van der Waals surface area contributed by atoms with Gasteiger partial charge in [0.25, 0.3) is 5.91 Å². The van der Waals surface area contributed by atoms with Crippen molar-refractivity contribution >= 4 is 15.7 Å². The maximum atomic E-state index is 12.8. The van der Waals surface area contributed by atoms with Gasteiger partial charge in [0, 0.05) is 25.3 Å². The Hall–Kier alpha value is -2.16. The highest BCUT2D eigenvalue weighted by atomic mass is 32.2. The highest BCUT2D eigenvalue weighted by molar-refractivity contribution is 7.90. The predicted octanol–water partition coefficient (Wildman–Crippen LogP) is 1.44. The van der Waals surface area contributed by atoms with Crippen LogP contribution in [0.3, 0.4) is 0 Å². The molecule has 0 aromatic carbocycles. The number of aromatic nitrogens is 3. The Balaban J connectivity index is 1.86. The van der Waals surface area contributed by atoms with Gasteiger partial charge in [0.15, 0.2) is 9.84 Å². The quantitative estimate of drug-likeness (QED) is 0.895. The molecule has 0 saturated carbocycles. The van der Waals surface area contributed by atoms with Crippen LogP contribution >= 0.6 is 0 Å². The first kappa shape index (κ1) is 16.7. The number of likely N-dealkylation sites (tertiary alicyclic amines) is 1. The topological polar surface area (TPSA) is 109 Å². The molecule has 2 aromatic rings. The summed E-state index contributed by atoms with van der Waals surface area (Å²) in [6, 6.07) is 0. The number of nitrogens with zero attached hydrogens (tertiary/aromatic N) is 3. The van der Waals surface area contributed by atoms with Crippen molar-refractivity contribution in [2.24, 2.45) is 0 Å². The van der Waals surface area contributed by atoms with Crippen molar-refractivity contribution in [2.45, 2.75) is 37.5 Å². The van der Waals surface area contributed by atoms with E-state index >= 15 is 0 Å². The van der Waals surface area contributed by atoms with Crippen molar-refractivity contribution in [3.05, 3.63) is 28.9 Å². The lowest BCUT2D eigenvalue weighted by atomic mass is 9.94. The summed E-state index contributed by atoms with van der Waals surface area (Å²) in [7, 11) is -3.36. The molecular formula is C15H20N4O4S. The van der Waals surface area contributed by atoms with E-state index in [0.717, 1.165) is 19.1 Å². The summed E-state index contributed by atoms with van der Waals surface area (Å²) in [5, 5.41) is 10.5. The van der Waals surface area contributed by atoms with Crippen LogP contribution in [-0.2, 0) is 9.84 Å². The molecule has 1 amide bonds. The summed E-state index contributed by atoms with van der Waals surface area (Å²) >= 11 is 0. The Morgan fingerprint density at radius 2 is 2.17 bits per heavy atom. The van der Waals surface area contributed by atoms with E-state index in [2.05, 4.69) is 15.4 Å². The molecule has 0 spiro atoms.